The lowest BCUT2D eigenvalue weighted by molar-refractivity contribution is 0.0905. The summed E-state index contributed by atoms with van der Waals surface area (Å²) in [6, 6.07) is 6.70. The Morgan fingerprint density at radius 2 is 2.03 bits per heavy atom. The van der Waals surface area contributed by atoms with Crippen LogP contribution in [0.1, 0.15) is 66.7 Å². The molecular formula is C24H27F2N3O3. The third kappa shape index (κ3) is 4.60. The Kier molecular flexibility index (Phi) is 6.69. The fraction of sp³-hybridized carbons (Fsp3) is 0.417. The second-order valence-corrected chi connectivity index (χ2v) is 8.17. The lowest BCUT2D eigenvalue weighted by atomic mass is 10.1. The molecule has 6 nitrogen and oxygen atoms in total. The molecule has 1 aromatic carbocycles. The van der Waals surface area contributed by atoms with E-state index in [-0.39, 0.29) is 36.6 Å². The number of nitrogens with zero attached hydrogens (tertiary/aromatic N) is 2. The Bertz CT molecular complexity index is 1090. The molecule has 0 aliphatic heterocycles. The van der Waals surface area contributed by atoms with Crippen LogP contribution in [-0.2, 0) is 6.61 Å². The summed E-state index contributed by atoms with van der Waals surface area (Å²) in [5, 5.41) is 12.6. The molecule has 2 heterocycles. The first-order chi connectivity index (χ1) is 15.5. The Morgan fingerprint density at radius 3 is 2.69 bits per heavy atom. The van der Waals surface area contributed by atoms with E-state index in [9.17, 15) is 18.7 Å². The molecule has 4 rings (SSSR count). The summed E-state index contributed by atoms with van der Waals surface area (Å²) < 4.78 is 35.4. The predicted octanol–water partition coefficient (Wildman–Crippen LogP) is 4.35. The van der Waals surface area contributed by atoms with Gasteiger partial charge in [0.05, 0.1) is 23.9 Å². The van der Waals surface area contributed by atoms with Crippen molar-refractivity contribution in [1.82, 2.24) is 14.7 Å². The maximum absolute atomic E-state index is 14.0. The predicted molar refractivity (Wildman–Crippen MR) is 116 cm³/mol. The van der Waals surface area contributed by atoms with E-state index in [1.165, 1.54) is 18.2 Å². The van der Waals surface area contributed by atoms with Crippen LogP contribution in [-0.4, -0.2) is 33.0 Å². The molecule has 0 unspecified atom stereocenters. The van der Waals surface area contributed by atoms with Gasteiger partial charge in [-0.05, 0) is 43.5 Å². The summed E-state index contributed by atoms with van der Waals surface area (Å²) in [7, 11) is 0. The fourth-order valence-corrected chi connectivity index (χ4v) is 3.77. The molecule has 2 N–H and O–H groups in total. The standard InChI is InChI=1S/C24H27F2N3O3/c1-2-3-6-16(13-30)27-24(31)22-21(15-10-11-15)28-23-20(9-5-12-29(22)23)32-14-17-18(25)7-4-8-19(17)26/h4-5,7-9,12,15-16,30H,2-3,6,10-11,13-14H2,1H3,(H,27,31)/t16-/m1/s1. The number of unbranched alkanes of at least 4 members (excludes halogenated alkanes) is 1. The number of carbonyl (C=O) groups is 1. The first kappa shape index (κ1) is 22.2. The highest BCUT2D eigenvalue weighted by Crippen LogP contribution is 2.42. The lowest BCUT2D eigenvalue weighted by Gasteiger charge is -2.16. The minimum atomic E-state index is -0.679. The van der Waals surface area contributed by atoms with Crippen molar-refractivity contribution in [2.45, 2.75) is 57.6 Å². The van der Waals surface area contributed by atoms with E-state index in [0.29, 0.717) is 29.2 Å². The van der Waals surface area contributed by atoms with Crippen molar-refractivity contribution >= 4 is 11.6 Å². The van der Waals surface area contributed by atoms with E-state index < -0.39 is 11.6 Å². The number of aliphatic hydroxyl groups excluding tert-OH is 1. The van der Waals surface area contributed by atoms with E-state index in [2.05, 4.69) is 17.2 Å². The third-order valence-corrected chi connectivity index (χ3v) is 5.72. The zero-order chi connectivity index (χ0) is 22.7. The van der Waals surface area contributed by atoms with Crippen LogP contribution in [0, 0.1) is 11.6 Å². The van der Waals surface area contributed by atoms with Gasteiger partial charge in [0.2, 0.25) is 0 Å². The number of carbonyl (C=O) groups excluding carboxylic acids is 1. The summed E-state index contributed by atoms with van der Waals surface area (Å²) in [4.78, 5) is 17.8. The molecule has 3 aromatic rings. The van der Waals surface area contributed by atoms with Crippen LogP contribution < -0.4 is 10.1 Å². The summed E-state index contributed by atoms with van der Waals surface area (Å²) in [5.41, 5.74) is 1.36. The topological polar surface area (TPSA) is 75.9 Å². The molecule has 1 atom stereocenters. The summed E-state index contributed by atoms with van der Waals surface area (Å²) in [6.07, 6.45) is 6.17. The van der Waals surface area contributed by atoms with Crippen LogP contribution in [0.2, 0.25) is 0 Å². The van der Waals surface area contributed by atoms with Crippen molar-refractivity contribution in [2.75, 3.05) is 6.61 Å². The zero-order valence-electron chi connectivity index (χ0n) is 18.0. The number of benzene rings is 1. The van der Waals surface area contributed by atoms with Gasteiger partial charge in [0.15, 0.2) is 11.4 Å². The van der Waals surface area contributed by atoms with Crippen molar-refractivity contribution < 1.29 is 23.4 Å². The molecule has 1 fully saturated rings. The van der Waals surface area contributed by atoms with Crippen molar-refractivity contribution in [2.24, 2.45) is 0 Å². The third-order valence-electron chi connectivity index (χ3n) is 5.72. The molecule has 1 amide bonds. The van der Waals surface area contributed by atoms with Crippen molar-refractivity contribution in [3.63, 3.8) is 0 Å². The molecule has 0 spiro atoms. The number of aromatic nitrogens is 2. The summed E-state index contributed by atoms with van der Waals surface area (Å²) in [5.74, 6) is -1.13. The van der Waals surface area contributed by atoms with Crippen LogP contribution in [0.5, 0.6) is 5.75 Å². The van der Waals surface area contributed by atoms with Crippen molar-refractivity contribution in [3.05, 3.63) is 65.1 Å². The fourth-order valence-electron chi connectivity index (χ4n) is 3.77. The molecule has 2 aromatic heterocycles. The van der Waals surface area contributed by atoms with Gasteiger partial charge >= 0.3 is 0 Å². The number of ether oxygens (including phenoxy) is 1. The van der Waals surface area contributed by atoms with Gasteiger partial charge in [-0.1, -0.05) is 25.8 Å². The molecule has 1 aliphatic carbocycles. The number of aliphatic hydroxyl groups is 1. The van der Waals surface area contributed by atoms with E-state index in [1.807, 2.05) is 0 Å². The number of halogens is 2. The maximum Gasteiger partial charge on any atom is 0.270 e. The largest absolute Gasteiger partial charge is 0.485 e. The van der Waals surface area contributed by atoms with Gasteiger partial charge in [0.25, 0.3) is 5.91 Å². The number of imidazole rings is 1. The number of hydrogen-bond donors (Lipinski definition) is 2. The van der Waals surface area contributed by atoms with E-state index in [4.69, 9.17) is 4.74 Å². The molecule has 0 bridgehead atoms. The van der Waals surface area contributed by atoms with Gasteiger partial charge in [-0.15, -0.1) is 0 Å². The average molecular weight is 443 g/mol. The number of pyridine rings is 1. The number of fused-ring (bicyclic) bond motifs is 1. The average Bonchev–Trinajstić information content (AvgIpc) is 3.55. The quantitative estimate of drug-likeness (QED) is 0.489. The second-order valence-electron chi connectivity index (χ2n) is 8.17. The van der Waals surface area contributed by atoms with Crippen LogP contribution in [0.4, 0.5) is 8.78 Å². The van der Waals surface area contributed by atoms with E-state index >= 15 is 0 Å². The van der Waals surface area contributed by atoms with E-state index in [1.54, 1.807) is 22.7 Å². The minimum absolute atomic E-state index is 0.135. The van der Waals surface area contributed by atoms with Gasteiger partial charge in [-0.2, -0.15) is 0 Å². The highest BCUT2D eigenvalue weighted by Gasteiger charge is 2.33. The Balaban J connectivity index is 1.64. The molecule has 170 valence electrons. The van der Waals surface area contributed by atoms with Crippen LogP contribution in [0.15, 0.2) is 36.5 Å². The molecular weight excluding hydrogens is 416 g/mol. The van der Waals surface area contributed by atoms with Crippen molar-refractivity contribution in [1.29, 1.82) is 0 Å². The normalized spacial score (nSPS) is 14.5. The second kappa shape index (κ2) is 9.65. The first-order valence-electron chi connectivity index (χ1n) is 11.0. The molecule has 1 aliphatic rings. The maximum atomic E-state index is 14.0. The first-order valence-corrected chi connectivity index (χ1v) is 11.0. The molecule has 1 saturated carbocycles. The van der Waals surface area contributed by atoms with Crippen molar-refractivity contribution in [3.8, 4) is 5.75 Å². The molecule has 0 radical (unpaired) electrons. The highest BCUT2D eigenvalue weighted by atomic mass is 19.1. The van der Waals surface area contributed by atoms with Crippen LogP contribution in [0.3, 0.4) is 0 Å². The zero-order valence-corrected chi connectivity index (χ0v) is 18.0. The molecule has 0 saturated heterocycles. The highest BCUT2D eigenvalue weighted by molar-refractivity contribution is 5.95. The van der Waals surface area contributed by atoms with E-state index in [0.717, 1.165) is 25.7 Å². The smallest absolute Gasteiger partial charge is 0.270 e. The number of rotatable bonds is 10. The Morgan fingerprint density at radius 1 is 1.28 bits per heavy atom. The minimum Gasteiger partial charge on any atom is -0.485 e. The van der Waals surface area contributed by atoms with Gasteiger partial charge < -0.3 is 15.2 Å². The van der Waals surface area contributed by atoms with Crippen LogP contribution >= 0.6 is 0 Å². The number of amides is 1. The van der Waals surface area contributed by atoms with Gasteiger partial charge in [-0.3, -0.25) is 9.20 Å². The molecule has 32 heavy (non-hydrogen) atoms. The number of hydrogen-bond acceptors (Lipinski definition) is 4. The summed E-state index contributed by atoms with van der Waals surface area (Å²) >= 11 is 0. The number of nitrogens with one attached hydrogen (secondary N) is 1. The summed E-state index contributed by atoms with van der Waals surface area (Å²) in [6.45, 7) is 1.62. The SMILES string of the molecule is CCCC[C@H](CO)NC(=O)c1c(C2CC2)nc2c(OCc3c(F)cccc3F)cccn12. The monoisotopic (exact) mass is 443 g/mol. The Hall–Kier alpha value is -3.00. The lowest BCUT2D eigenvalue weighted by Crippen LogP contribution is -2.38. The van der Waals surface area contributed by atoms with Gasteiger partial charge in [-0.25, -0.2) is 13.8 Å². The van der Waals surface area contributed by atoms with Gasteiger partial charge in [0.1, 0.15) is 23.9 Å². The molecule has 8 heteroatoms. The van der Waals surface area contributed by atoms with Crippen LogP contribution in [0.25, 0.3) is 5.65 Å². The Labute approximate surface area is 185 Å². The van der Waals surface area contributed by atoms with Gasteiger partial charge in [0, 0.05) is 12.1 Å².